The van der Waals surface area contributed by atoms with Crippen LogP contribution in [-0.2, 0) is 9.59 Å². The standard InChI is InChI=1S/C14H19NO4/c16-13(9-8-12-6-5-11-19-12)15-10-4-2-1-3-7-14(17)18/h5-6,8-9,11H,1-4,7,10H2,(H,15,16)(H,17,18)/b9-8+. The Morgan fingerprint density at radius 1 is 1.26 bits per heavy atom. The van der Waals surface area contributed by atoms with Crippen LogP contribution in [0.4, 0.5) is 0 Å². The van der Waals surface area contributed by atoms with Crippen LogP contribution in [0.25, 0.3) is 6.08 Å². The molecule has 0 fully saturated rings. The summed E-state index contributed by atoms with van der Waals surface area (Å²) in [6, 6.07) is 3.53. The smallest absolute Gasteiger partial charge is 0.303 e. The summed E-state index contributed by atoms with van der Waals surface area (Å²) in [5.74, 6) is -0.262. The molecule has 19 heavy (non-hydrogen) atoms. The van der Waals surface area contributed by atoms with Crippen molar-refractivity contribution < 1.29 is 19.1 Å². The van der Waals surface area contributed by atoms with Crippen molar-refractivity contribution >= 4 is 18.0 Å². The molecule has 0 saturated carbocycles. The number of furan rings is 1. The highest BCUT2D eigenvalue weighted by Gasteiger charge is 1.98. The minimum absolute atomic E-state index is 0.151. The maximum atomic E-state index is 11.4. The third-order valence-electron chi connectivity index (χ3n) is 2.56. The van der Waals surface area contributed by atoms with E-state index < -0.39 is 5.97 Å². The lowest BCUT2D eigenvalue weighted by atomic mass is 10.1. The molecule has 0 aliphatic rings. The molecule has 0 aliphatic carbocycles. The summed E-state index contributed by atoms with van der Waals surface area (Å²) in [6.07, 6.45) is 8.18. The third-order valence-corrected chi connectivity index (χ3v) is 2.56. The molecule has 5 heteroatoms. The highest BCUT2D eigenvalue weighted by atomic mass is 16.4. The Kier molecular flexibility index (Phi) is 7.09. The van der Waals surface area contributed by atoms with Crippen LogP contribution < -0.4 is 5.32 Å². The molecular weight excluding hydrogens is 246 g/mol. The first-order chi connectivity index (χ1) is 9.18. The average molecular weight is 265 g/mol. The lowest BCUT2D eigenvalue weighted by Gasteiger charge is -2.01. The fourth-order valence-corrected chi connectivity index (χ4v) is 1.57. The summed E-state index contributed by atoms with van der Waals surface area (Å²) in [6.45, 7) is 0.606. The lowest BCUT2D eigenvalue weighted by Crippen LogP contribution is -2.21. The lowest BCUT2D eigenvalue weighted by molar-refractivity contribution is -0.137. The van der Waals surface area contributed by atoms with Crippen molar-refractivity contribution in [3.63, 3.8) is 0 Å². The van der Waals surface area contributed by atoms with Crippen LogP contribution in [0.5, 0.6) is 0 Å². The molecule has 1 aromatic rings. The van der Waals surface area contributed by atoms with Gasteiger partial charge in [-0.1, -0.05) is 12.8 Å². The molecule has 1 amide bonds. The molecule has 2 N–H and O–H groups in total. The molecule has 0 unspecified atom stereocenters. The van der Waals surface area contributed by atoms with Gasteiger partial charge in [-0.3, -0.25) is 9.59 Å². The van der Waals surface area contributed by atoms with Gasteiger partial charge in [0.2, 0.25) is 5.91 Å². The van der Waals surface area contributed by atoms with E-state index in [1.54, 1.807) is 24.5 Å². The Labute approximate surface area is 112 Å². The maximum Gasteiger partial charge on any atom is 0.303 e. The van der Waals surface area contributed by atoms with E-state index in [0.717, 1.165) is 19.3 Å². The molecule has 0 spiro atoms. The van der Waals surface area contributed by atoms with Crippen LogP contribution in [0.1, 0.15) is 37.9 Å². The van der Waals surface area contributed by atoms with Crippen molar-refractivity contribution in [2.45, 2.75) is 32.1 Å². The van der Waals surface area contributed by atoms with Gasteiger partial charge < -0.3 is 14.8 Å². The van der Waals surface area contributed by atoms with Gasteiger partial charge in [0.15, 0.2) is 0 Å². The molecule has 104 valence electrons. The van der Waals surface area contributed by atoms with E-state index in [9.17, 15) is 9.59 Å². The van der Waals surface area contributed by atoms with E-state index in [4.69, 9.17) is 9.52 Å². The summed E-state index contributed by atoms with van der Waals surface area (Å²) in [7, 11) is 0. The van der Waals surface area contributed by atoms with Crippen molar-refractivity contribution in [3.05, 3.63) is 30.2 Å². The first-order valence-electron chi connectivity index (χ1n) is 6.39. The van der Waals surface area contributed by atoms with E-state index in [-0.39, 0.29) is 12.3 Å². The summed E-state index contributed by atoms with van der Waals surface area (Å²) >= 11 is 0. The second-order valence-electron chi connectivity index (χ2n) is 4.20. The minimum Gasteiger partial charge on any atom is -0.481 e. The predicted octanol–water partition coefficient (Wildman–Crippen LogP) is 2.44. The Morgan fingerprint density at radius 2 is 2.05 bits per heavy atom. The number of carbonyl (C=O) groups excluding carboxylic acids is 1. The van der Waals surface area contributed by atoms with E-state index in [1.807, 2.05) is 0 Å². The van der Waals surface area contributed by atoms with Crippen LogP contribution >= 0.6 is 0 Å². The first-order valence-corrected chi connectivity index (χ1v) is 6.39. The van der Waals surface area contributed by atoms with Crippen LogP contribution in [0.15, 0.2) is 28.9 Å². The van der Waals surface area contributed by atoms with Crippen LogP contribution in [0.3, 0.4) is 0 Å². The van der Waals surface area contributed by atoms with E-state index in [2.05, 4.69) is 5.32 Å². The Bertz CT molecular complexity index is 409. The van der Waals surface area contributed by atoms with Crippen molar-refractivity contribution in [3.8, 4) is 0 Å². The Morgan fingerprint density at radius 3 is 2.74 bits per heavy atom. The number of carboxylic acid groups (broad SMARTS) is 1. The fourth-order valence-electron chi connectivity index (χ4n) is 1.57. The maximum absolute atomic E-state index is 11.4. The predicted molar refractivity (Wildman–Crippen MR) is 71.5 cm³/mol. The number of amides is 1. The number of aliphatic carboxylic acids is 1. The molecule has 1 aromatic heterocycles. The van der Waals surface area contributed by atoms with Crippen molar-refractivity contribution in [2.24, 2.45) is 0 Å². The monoisotopic (exact) mass is 265 g/mol. The zero-order chi connectivity index (χ0) is 13.9. The number of nitrogens with one attached hydrogen (secondary N) is 1. The number of unbranched alkanes of at least 4 members (excludes halogenated alkanes) is 3. The van der Waals surface area contributed by atoms with Crippen molar-refractivity contribution in [1.29, 1.82) is 0 Å². The molecule has 0 radical (unpaired) electrons. The molecule has 1 rings (SSSR count). The summed E-state index contributed by atoms with van der Waals surface area (Å²) < 4.78 is 5.06. The van der Waals surface area contributed by atoms with Gasteiger partial charge in [-0.05, 0) is 31.1 Å². The van der Waals surface area contributed by atoms with Gasteiger partial charge in [-0.2, -0.15) is 0 Å². The third kappa shape index (κ3) is 7.81. The van der Waals surface area contributed by atoms with Gasteiger partial charge in [0, 0.05) is 19.0 Å². The molecule has 5 nitrogen and oxygen atoms in total. The van der Waals surface area contributed by atoms with Gasteiger partial charge in [0.05, 0.1) is 6.26 Å². The largest absolute Gasteiger partial charge is 0.481 e. The quantitative estimate of drug-likeness (QED) is 0.531. The molecule has 1 heterocycles. The number of hydrogen-bond donors (Lipinski definition) is 2. The van der Waals surface area contributed by atoms with Crippen LogP contribution in [0, 0.1) is 0 Å². The zero-order valence-electron chi connectivity index (χ0n) is 10.8. The second-order valence-corrected chi connectivity index (χ2v) is 4.20. The summed E-state index contributed by atoms with van der Waals surface area (Å²) in [5, 5.41) is 11.2. The Hall–Kier alpha value is -2.04. The number of carboxylic acids is 1. The van der Waals surface area contributed by atoms with Crippen LogP contribution in [-0.4, -0.2) is 23.5 Å². The molecule has 0 aliphatic heterocycles. The molecule has 0 saturated heterocycles. The molecule has 0 aromatic carbocycles. The van der Waals surface area contributed by atoms with Crippen molar-refractivity contribution in [2.75, 3.05) is 6.54 Å². The van der Waals surface area contributed by atoms with Crippen LogP contribution in [0.2, 0.25) is 0 Å². The first kappa shape index (κ1) is 15.0. The normalized spacial score (nSPS) is 10.7. The molecular formula is C14H19NO4. The topological polar surface area (TPSA) is 79.5 Å². The molecule has 0 atom stereocenters. The van der Waals surface area contributed by atoms with E-state index in [0.29, 0.717) is 18.7 Å². The SMILES string of the molecule is O=C(O)CCCCCCNC(=O)/C=C/c1ccco1. The summed E-state index contributed by atoms with van der Waals surface area (Å²) in [5.41, 5.74) is 0. The summed E-state index contributed by atoms with van der Waals surface area (Å²) in [4.78, 5) is 21.7. The van der Waals surface area contributed by atoms with Gasteiger partial charge in [-0.15, -0.1) is 0 Å². The second kappa shape index (κ2) is 8.97. The van der Waals surface area contributed by atoms with E-state index >= 15 is 0 Å². The highest BCUT2D eigenvalue weighted by Crippen LogP contribution is 2.03. The number of rotatable bonds is 9. The number of hydrogen-bond acceptors (Lipinski definition) is 3. The zero-order valence-corrected chi connectivity index (χ0v) is 10.8. The van der Waals surface area contributed by atoms with Gasteiger partial charge in [-0.25, -0.2) is 0 Å². The highest BCUT2D eigenvalue weighted by molar-refractivity contribution is 5.91. The van der Waals surface area contributed by atoms with Gasteiger partial charge in [0.1, 0.15) is 5.76 Å². The minimum atomic E-state index is -0.753. The molecule has 0 bridgehead atoms. The van der Waals surface area contributed by atoms with Gasteiger partial charge in [0.25, 0.3) is 0 Å². The fraction of sp³-hybridized carbons (Fsp3) is 0.429. The van der Waals surface area contributed by atoms with Gasteiger partial charge >= 0.3 is 5.97 Å². The average Bonchev–Trinajstić information content (AvgIpc) is 2.88. The van der Waals surface area contributed by atoms with E-state index in [1.165, 1.54) is 6.08 Å². The Balaban J connectivity index is 2.00. The van der Waals surface area contributed by atoms with Crippen molar-refractivity contribution in [1.82, 2.24) is 5.32 Å². The number of carbonyl (C=O) groups is 2.